The van der Waals surface area contributed by atoms with E-state index in [1.54, 1.807) is 7.11 Å². The van der Waals surface area contributed by atoms with E-state index in [1.165, 1.54) is 36.6 Å². The van der Waals surface area contributed by atoms with Crippen molar-refractivity contribution in [2.45, 2.75) is 76.5 Å². The standard InChI is InChI=1S/C37H44N6O3/c1-46-32-16-27(37(45)42-21-26-12-13-30(42)33(26)38)14-28-34(32)43(20-23-17-40(18-23)36(44)24-6-2-3-7-24)35(39-28)31-15-25-8-4-5-9-29(25)41(31)19-22-10-11-22/h4-5,8-9,14-16,22-24,26,30,33H,2-3,6-7,10-13,17-21,38H2,1H3/t26-,30-,33-/m1/s1. The summed E-state index contributed by atoms with van der Waals surface area (Å²) in [4.78, 5) is 36.4. The van der Waals surface area contributed by atoms with Crippen LogP contribution in [0, 0.1) is 23.7 Å². The number of carbonyl (C=O) groups is 2. The average molecular weight is 621 g/mol. The molecular formula is C37H44N6O3. The molecule has 2 aromatic carbocycles. The molecule has 3 atom stereocenters. The monoisotopic (exact) mass is 620 g/mol. The third kappa shape index (κ3) is 4.56. The molecule has 5 fully saturated rings. The van der Waals surface area contributed by atoms with Gasteiger partial charge in [0.05, 0.1) is 18.3 Å². The normalized spacial score (nSPS) is 24.9. The molecule has 3 saturated carbocycles. The maximum Gasteiger partial charge on any atom is 0.254 e. The highest BCUT2D eigenvalue weighted by Crippen LogP contribution is 2.41. The van der Waals surface area contributed by atoms with Gasteiger partial charge in [-0.1, -0.05) is 31.0 Å². The average Bonchev–Trinajstić information content (AvgIpc) is 3.44. The molecular weight excluding hydrogens is 576 g/mol. The fourth-order valence-corrected chi connectivity index (χ4v) is 9.04. The van der Waals surface area contributed by atoms with Gasteiger partial charge in [-0.15, -0.1) is 0 Å². The van der Waals surface area contributed by atoms with Gasteiger partial charge in [0.15, 0.2) is 5.82 Å². The van der Waals surface area contributed by atoms with Crippen molar-refractivity contribution in [3.8, 4) is 17.3 Å². The first-order chi connectivity index (χ1) is 22.5. The number of fused-ring (bicyclic) bond motifs is 4. The second kappa shape index (κ2) is 10.9. The topological polar surface area (TPSA) is 98.6 Å². The van der Waals surface area contributed by atoms with Gasteiger partial charge >= 0.3 is 0 Å². The minimum absolute atomic E-state index is 0.0156. The van der Waals surface area contributed by atoms with Crippen molar-refractivity contribution in [3.63, 3.8) is 0 Å². The lowest BCUT2D eigenvalue weighted by atomic mass is 9.96. The number of methoxy groups -OCH3 is 1. The second-order valence-corrected chi connectivity index (χ2v) is 14.8. The number of rotatable bonds is 8. The number of hydrogen-bond donors (Lipinski definition) is 1. The number of piperidine rings is 1. The lowest BCUT2D eigenvalue weighted by Gasteiger charge is -2.41. The highest BCUT2D eigenvalue weighted by molar-refractivity contribution is 6.00. The number of amides is 2. The maximum absolute atomic E-state index is 13.9. The predicted octanol–water partition coefficient (Wildman–Crippen LogP) is 5.29. The van der Waals surface area contributed by atoms with Crippen LogP contribution in [0.5, 0.6) is 5.75 Å². The van der Waals surface area contributed by atoms with Crippen LogP contribution in [0.1, 0.15) is 61.7 Å². The third-order valence-corrected chi connectivity index (χ3v) is 11.8. The molecule has 4 aromatic rings. The number of benzene rings is 2. The van der Waals surface area contributed by atoms with Crippen molar-refractivity contribution in [2.75, 3.05) is 26.7 Å². The van der Waals surface area contributed by atoms with Crippen LogP contribution in [0.4, 0.5) is 0 Å². The Bertz CT molecular complexity index is 1840. The summed E-state index contributed by atoms with van der Waals surface area (Å²) < 4.78 is 10.8. The molecule has 2 aromatic heterocycles. The van der Waals surface area contributed by atoms with Gasteiger partial charge in [-0.05, 0) is 74.6 Å². The zero-order valence-corrected chi connectivity index (χ0v) is 26.7. The molecule has 3 aliphatic carbocycles. The molecule has 2 N–H and O–H groups in total. The third-order valence-electron chi connectivity index (χ3n) is 11.8. The van der Waals surface area contributed by atoms with E-state index < -0.39 is 0 Å². The largest absolute Gasteiger partial charge is 0.494 e. The highest BCUT2D eigenvalue weighted by atomic mass is 16.5. The number of aromatic nitrogens is 3. The Morgan fingerprint density at radius 3 is 2.41 bits per heavy atom. The zero-order chi connectivity index (χ0) is 31.1. The number of hydrogen-bond acceptors (Lipinski definition) is 5. The summed E-state index contributed by atoms with van der Waals surface area (Å²) >= 11 is 0. The van der Waals surface area contributed by atoms with Gasteiger partial charge in [-0.3, -0.25) is 9.59 Å². The number of carbonyl (C=O) groups excluding carboxylic acids is 2. The molecule has 2 amide bonds. The van der Waals surface area contributed by atoms with Gasteiger partial charge in [0.2, 0.25) is 5.91 Å². The SMILES string of the molecule is COc1cc(C(=O)N2C[C@H]3CC[C@@H]2[C@@H]3N)cc2nc(-c3cc4ccccc4n3CC3CC3)n(CC3CN(C(=O)C4CCCC4)C3)c12. The summed E-state index contributed by atoms with van der Waals surface area (Å²) in [5, 5.41) is 1.21. The Kier molecular flexibility index (Phi) is 6.70. The number of para-hydroxylation sites is 1. The molecule has 2 saturated heterocycles. The van der Waals surface area contributed by atoms with E-state index in [2.05, 4.69) is 44.4 Å². The molecule has 240 valence electrons. The Morgan fingerprint density at radius 2 is 1.70 bits per heavy atom. The first kappa shape index (κ1) is 28.4. The molecule has 9 heteroatoms. The fraction of sp³-hybridized carbons (Fsp3) is 0.541. The van der Waals surface area contributed by atoms with Crippen molar-refractivity contribution in [3.05, 3.63) is 48.0 Å². The summed E-state index contributed by atoms with van der Waals surface area (Å²) in [5.41, 5.74) is 11.1. The summed E-state index contributed by atoms with van der Waals surface area (Å²) in [5.74, 6) is 3.54. The predicted molar refractivity (Wildman–Crippen MR) is 177 cm³/mol. The van der Waals surface area contributed by atoms with E-state index in [9.17, 15) is 9.59 Å². The van der Waals surface area contributed by atoms with Crippen molar-refractivity contribution in [1.29, 1.82) is 0 Å². The zero-order valence-electron chi connectivity index (χ0n) is 26.7. The van der Waals surface area contributed by atoms with E-state index >= 15 is 0 Å². The fourth-order valence-electron chi connectivity index (χ4n) is 9.04. The van der Waals surface area contributed by atoms with Crippen molar-refractivity contribution in [1.82, 2.24) is 23.9 Å². The maximum atomic E-state index is 13.9. The molecule has 0 spiro atoms. The van der Waals surface area contributed by atoms with E-state index in [0.717, 1.165) is 81.0 Å². The summed E-state index contributed by atoms with van der Waals surface area (Å²) in [6.45, 7) is 3.98. The molecule has 5 aliphatic rings. The molecule has 2 aliphatic heterocycles. The van der Waals surface area contributed by atoms with Crippen LogP contribution in [-0.4, -0.2) is 74.6 Å². The van der Waals surface area contributed by atoms with Crippen LogP contribution >= 0.6 is 0 Å². The van der Waals surface area contributed by atoms with Gasteiger partial charge in [-0.25, -0.2) is 4.98 Å². The molecule has 0 unspecified atom stereocenters. The van der Waals surface area contributed by atoms with Gasteiger partial charge < -0.3 is 29.4 Å². The van der Waals surface area contributed by atoms with Gasteiger partial charge in [0, 0.05) is 73.1 Å². The molecule has 4 heterocycles. The Morgan fingerprint density at radius 1 is 0.913 bits per heavy atom. The highest BCUT2D eigenvalue weighted by Gasteiger charge is 2.47. The Labute approximate surface area is 269 Å². The van der Waals surface area contributed by atoms with Crippen LogP contribution in [0.25, 0.3) is 33.5 Å². The van der Waals surface area contributed by atoms with Crippen LogP contribution in [0.3, 0.4) is 0 Å². The number of nitrogens with zero attached hydrogens (tertiary/aromatic N) is 5. The summed E-state index contributed by atoms with van der Waals surface area (Å²) in [7, 11) is 1.68. The minimum Gasteiger partial charge on any atom is -0.494 e. The van der Waals surface area contributed by atoms with Crippen molar-refractivity contribution in [2.24, 2.45) is 29.4 Å². The quantitative estimate of drug-likeness (QED) is 0.289. The number of ether oxygens (including phenoxy) is 1. The molecule has 46 heavy (non-hydrogen) atoms. The lowest BCUT2D eigenvalue weighted by Crippen LogP contribution is -2.53. The Balaban J connectivity index is 1.12. The van der Waals surface area contributed by atoms with Gasteiger partial charge in [0.1, 0.15) is 11.3 Å². The molecule has 2 bridgehead atoms. The van der Waals surface area contributed by atoms with E-state index in [0.29, 0.717) is 35.0 Å². The van der Waals surface area contributed by atoms with E-state index in [4.69, 9.17) is 15.5 Å². The van der Waals surface area contributed by atoms with Crippen LogP contribution in [0.15, 0.2) is 42.5 Å². The van der Waals surface area contributed by atoms with Crippen LogP contribution in [-0.2, 0) is 17.9 Å². The van der Waals surface area contributed by atoms with Crippen molar-refractivity contribution >= 4 is 33.8 Å². The first-order valence-corrected chi connectivity index (χ1v) is 17.5. The van der Waals surface area contributed by atoms with Gasteiger partial charge in [-0.2, -0.15) is 0 Å². The summed E-state index contributed by atoms with van der Waals surface area (Å²) in [6, 6.07) is 14.9. The molecule has 9 nitrogen and oxygen atoms in total. The molecule has 0 radical (unpaired) electrons. The van der Waals surface area contributed by atoms with Gasteiger partial charge in [0.25, 0.3) is 5.91 Å². The Hall–Kier alpha value is -3.85. The lowest BCUT2D eigenvalue weighted by molar-refractivity contribution is -0.142. The van der Waals surface area contributed by atoms with E-state index in [-0.39, 0.29) is 23.9 Å². The van der Waals surface area contributed by atoms with Crippen molar-refractivity contribution < 1.29 is 14.3 Å². The molecule has 9 rings (SSSR count). The minimum atomic E-state index is 0.0156. The van der Waals surface area contributed by atoms with E-state index in [1.807, 2.05) is 17.0 Å². The summed E-state index contributed by atoms with van der Waals surface area (Å²) in [6.07, 6.45) is 9.00. The number of nitrogens with two attached hydrogens (primary N) is 1. The second-order valence-electron chi connectivity index (χ2n) is 14.8. The first-order valence-electron chi connectivity index (χ1n) is 17.5. The smallest absolute Gasteiger partial charge is 0.254 e. The van der Waals surface area contributed by atoms with Crippen LogP contribution < -0.4 is 10.5 Å². The number of likely N-dealkylation sites (tertiary alicyclic amines) is 2. The number of imidazole rings is 1. The van der Waals surface area contributed by atoms with Crippen LogP contribution in [0.2, 0.25) is 0 Å².